The zero-order valence-electron chi connectivity index (χ0n) is 8.02. The van der Waals surface area contributed by atoms with Gasteiger partial charge in [0.05, 0.1) is 5.75 Å². The van der Waals surface area contributed by atoms with Gasteiger partial charge < -0.3 is 5.32 Å². The molecule has 0 aliphatic rings. The van der Waals surface area contributed by atoms with Crippen LogP contribution in [0.1, 0.15) is 19.3 Å². The van der Waals surface area contributed by atoms with Gasteiger partial charge in [0.25, 0.3) is 10.1 Å². The summed E-state index contributed by atoms with van der Waals surface area (Å²) < 4.78 is 29.9. The van der Waals surface area contributed by atoms with Gasteiger partial charge in [-0.15, -0.1) is 11.8 Å². The number of thiocarbonyl (C=S) groups is 1. The van der Waals surface area contributed by atoms with E-state index in [4.69, 9.17) is 16.8 Å². The van der Waals surface area contributed by atoms with Crippen LogP contribution in [0.4, 0.5) is 0 Å². The van der Waals surface area contributed by atoms with Crippen LogP contribution in [0.25, 0.3) is 0 Å². The molecule has 0 aromatic rings. The van der Waals surface area contributed by atoms with Crippen LogP contribution < -0.4 is 5.32 Å². The molecule has 0 aromatic carbocycles. The molecule has 86 valence electrons. The molecule has 0 fully saturated rings. The van der Waals surface area contributed by atoms with Crippen LogP contribution in [-0.2, 0) is 10.1 Å². The summed E-state index contributed by atoms with van der Waals surface area (Å²) in [6.07, 6.45) is 4.01. The summed E-state index contributed by atoms with van der Waals surface area (Å²) in [6.45, 7) is 0.755. The van der Waals surface area contributed by atoms with Gasteiger partial charge in [-0.05, 0) is 19.1 Å². The minimum atomic E-state index is -3.78. The summed E-state index contributed by atoms with van der Waals surface area (Å²) >= 11 is 6.39. The molecule has 0 unspecified atom stereocenters. The molecule has 4 nitrogen and oxygen atoms in total. The van der Waals surface area contributed by atoms with E-state index in [-0.39, 0.29) is 57.1 Å². The van der Waals surface area contributed by atoms with Crippen LogP contribution >= 0.6 is 24.0 Å². The fraction of sp³-hybridized carbons (Fsp3) is 0.857. The van der Waals surface area contributed by atoms with Gasteiger partial charge in [0, 0.05) is 6.54 Å². The molecule has 0 bridgehead atoms. The first-order valence-electron chi connectivity index (χ1n) is 4.22. The maximum absolute atomic E-state index is 10.3. The minimum absolute atomic E-state index is 0. The van der Waals surface area contributed by atoms with E-state index in [2.05, 4.69) is 5.32 Å². The van der Waals surface area contributed by atoms with Crippen LogP contribution in [0, 0.1) is 0 Å². The van der Waals surface area contributed by atoms with E-state index in [1.807, 2.05) is 6.26 Å². The fourth-order valence-corrected chi connectivity index (χ4v) is 1.77. The molecule has 0 rings (SSSR count). The normalized spacial score (nSPS) is 10.5. The van der Waals surface area contributed by atoms with Gasteiger partial charge in [-0.1, -0.05) is 18.6 Å². The standard InChI is InChI=1S/C7H15NO3S3.K.H/c1-13-7(12)8-5-3-2-4-6-14(9,10)11;;/h2-6H2,1H3,(H,8,12)(H,9,10,11);;. The van der Waals surface area contributed by atoms with Gasteiger partial charge in [0.1, 0.15) is 4.32 Å². The van der Waals surface area contributed by atoms with E-state index in [0.29, 0.717) is 6.42 Å². The van der Waals surface area contributed by atoms with Crippen LogP contribution in [0.3, 0.4) is 0 Å². The van der Waals surface area contributed by atoms with Crippen molar-refractivity contribution < 1.29 is 13.0 Å². The van der Waals surface area contributed by atoms with E-state index < -0.39 is 10.1 Å². The second kappa shape index (κ2) is 10.9. The van der Waals surface area contributed by atoms with Crippen LogP contribution in [0.2, 0.25) is 0 Å². The number of nitrogens with one attached hydrogen (secondary N) is 1. The van der Waals surface area contributed by atoms with Gasteiger partial charge in [-0.3, -0.25) is 4.55 Å². The van der Waals surface area contributed by atoms with Crippen molar-refractivity contribution in [3.63, 3.8) is 0 Å². The number of thioether (sulfide) groups is 1. The molecule has 2 N–H and O–H groups in total. The van der Waals surface area contributed by atoms with Crippen molar-refractivity contribution in [1.82, 2.24) is 5.32 Å². The Balaban J connectivity index is 0. The molecule has 0 aliphatic carbocycles. The summed E-state index contributed by atoms with van der Waals surface area (Å²) in [5.41, 5.74) is 0. The van der Waals surface area contributed by atoms with Crippen molar-refractivity contribution in [3.8, 4) is 0 Å². The summed E-state index contributed by atoms with van der Waals surface area (Å²) in [5.74, 6) is -0.153. The van der Waals surface area contributed by atoms with Crippen LogP contribution in [-0.4, -0.2) is 87.2 Å². The molecule has 0 saturated carbocycles. The molecule has 0 saturated heterocycles. The number of hydrogen-bond acceptors (Lipinski definition) is 4. The van der Waals surface area contributed by atoms with Gasteiger partial charge in [0.2, 0.25) is 0 Å². The molecule has 8 heteroatoms. The van der Waals surface area contributed by atoms with Crippen molar-refractivity contribution in [2.45, 2.75) is 19.3 Å². The van der Waals surface area contributed by atoms with Gasteiger partial charge in [0.15, 0.2) is 0 Å². The first kappa shape index (κ1) is 19.1. The van der Waals surface area contributed by atoms with Crippen molar-refractivity contribution in [3.05, 3.63) is 0 Å². The van der Waals surface area contributed by atoms with Crippen molar-refractivity contribution in [2.75, 3.05) is 18.6 Å². The van der Waals surface area contributed by atoms with Gasteiger partial charge in [-0.25, -0.2) is 0 Å². The topological polar surface area (TPSA) is 66.4 Å². The molecule has 0 amide bonds. The Morgan fingerprint density at radius 3 is 2.47 bits per heavy atom. The molecule has 0 atom stereocenters. The predicted octanol–water partition coefficient (Wildman–Crippen LogP) is 0.633. The summed E-state index contributed by atoms with van der Waals surface area (Å²) in [7, 11) is -3.78. The number of rotatable bonds is 6. The van der Waals surface area contributed by atoms with E-state index in [0.717, 1.165) is 23.7 Å². The third-order valence-corrected chi connectivity index (χ3v) is 3.50. The molecular weight excluding hydrogens is 281 g/mol. The molecule has 15 heavy (non-hydrogen) atoms. The van der Waals surface area contributed by atoms with Crippen LogP contribution in [0.15, 0.2) is 0 Å². The third-order valence-electron chi connectivity index (χ3n) is 1.53. The number of hydrogen-bond donors (Lipinski definition) is 2. The van der Waals surface area contributed by atoms with Gasteiger partial charge in [-0.2, -0.15) is 8.42 Å². The van der Waals surface area contributed by atoms with E-state index in [1.54, 1.807) is 0 Å². The quantitative estimate of drug-likeness (QED) is 0.324. The average Bonchev–Trinajstić information content (AvgIpc) is 2.08. The summed E-state index contributed by atoms with van der Waals surface area (Å²) in [4.78, 5) is 0. The second-order valence-corrected chi connectivity index (χ2v) is 5.82. The van der Waals surface area contributed by atoms with Crippen molar-refractivity contribution in [2.24, 2.45) is 0 Å². The Morgan fingerprint density at radius 1 is 1.40 bits per heavy atom. The Hall–Kier alpha value is 1.79. The molecule has 0 spiro atoms. The van der Waals surface area contributed by atoms with Crippen LogP contribution in [0.5, 0.6) is 0 Å². The Labute approximate surface area is 144 Å². The molecule has 0 aromatic heterocycles. The molecule has 0 aliphatic heterocycles. The maximum atomic E-state index is 10.3. The fourth-order valence-electron chi connectivity index (χ4n) is 0.849. The molecule has 0 heterocycles. The monoisotopic (exact) mass is 297 g/mol. The molecular formula is C7H16KNO3S3. The molecule has 0 radical (unpaired) electrons. The zero-order valence-corrected chi connectivity index (χ0v) is 10.5. The Bertz CT molecular complexity index is 269. The first-order chi connectivity index (χ1) is 6.45. The second-order valence-electron chi connectivity index (χ2n) is 2.77. The average molecular weight is 298 g/mol. The summed E-state index contributed by atoms with van der Waals surface area (Å²) in [5, 5.41) is 3.01. The Kier molecular flexibility index (Phi) is 13.9. The third kappa shape index (κ3) is 15.8. The van der Waals surface area contributed by atoms with Crippen molar-refractivity contribution >= 4 is 89.8 Å². The Morgan fingerprint density at radius 2 is 2.00 bits per heavy atom. The zero-order chi connectivity index (χ0) is 11.0. The first-order valence-corrected chi connectivity index (χ1v) is 7.47. The van der Waals surface area contributed by atoms with E-state index in [1.165, 1.54) is 11.8 Å². The van der Waals surface area contributed by atoms with E-state index >= 15 is 0 Å². The van der Waals surface area contributed by atoms with Crippen molar-refractivity contribution in [1.29, 1.82) is 0 Å². The number of unbranched alkanes of at least 4 members (excludes halogenated alkanes) is 2. The SMILES string of the molecule is CSC(=S)NCCCCCS(=O)(=O)O.[KH]. The van der Waals surface area contributed by atoms with Gasteiger partial charge >= 0.3 is 51.4 Å². The van der Waals surface area contributed by atoms with E-state index in [9.17, 15) is 8.42 Å². The summed E-state index contributed by atoms with van der Waals surface area (Å²) in [6, 6.07) is 0. The predicted molar refractivity (Wildman–Crippen MR) is 71.5 cm³/mol.